The normalized spacial score (nSPS) is 11.1. The maximum Gasteiger partial charge on any atom is 0.573 e. The van der Waals surface area contributed by atoms with E-state index >= 15 is 0 Å². The number of para-hydroxylation sites is 1. The quantitative estimate of drug-likeness (QED) is 0.692. The first-order valence-electron chi connectivity index (χ1n) is 3.79. The first-order chi connectivity index (χ1) is 6.53. The second kappa shape index (κ2) is 4.13. The van der Waals surface area contributed by atoms with Gasteiger partial charge in [0, 0.05) is 5.56 Å². The zero-order valence-electron chi connectivity index (χ0n) is 7.21. The summed E-state index contributed by atoms with van der Waals surface area (Å²) >= 11 is 0. The van der Waals surface area contributed by atoms with Crippen molar-refractivity contribution in [3.63, 3.8) is 0 Å². The zero-order chi connectivity index (χ0) is 10.6. The van der Waals surface area contributed by atoms with Crippen molar-refractivity contribution in [1.29, 1.82) is 0 Å². The van der Waals surface area contributed by atoms with Crippen LogP contribution in [-0.4, -0.2) is 13.1 Å². The van der Waals surface area contributed by atoms with Gasteiger partial charge >= 0.3 is 6.36 Å². The third kappa shape index (κ3) is 3.08. The van der Waals surface area contributed by atoms with Crippen LogP contribution in [0.4, 0.5) is 13.2 Å². The number of benzene rings is 1. The predicted molar refractivity (Wildman–Crippen MR) is 46.4 cm³/mol. The minimum absolute atomic E-state index is 0.103. The number of rotatable bonds is 3. The molecule has 0 unspecified atom stereocenters. The van der Waals surface area contributed by atoms with E-state index in [2.05, 4.69) is 16.4 Å². The maximum absolute atomic E-state index is 11.9. The molecule has 0 atom stereocenters. The third-order valence-electron chi connectivity index (χ3n) is 1.48. The van der Waals surface area contributed by atoms with Crippen molar-refractivity contribution in [3.8, 4) is 5.75 Å². The molecule has 0 bridgehead atoms. The summed E-state index contributed by atoms with van der Waals surface area (Å²) in [6.07, 6.45) is -4.67. The standard InChI is InChI=1S/C9H8F3NO/c1-13-6-7-4-2-3-5-8(7)14-9(10,11)12/h2-5H,1,6H2. The number of ether oxygens (including phenoxy) is 1. The summed E-state index contributed by atoms with van der Waals surface area (Å²) < 4.78 is 39.5. The molecule has 1 rings (SSSR count). The van der Waals surface area contributed by atoms with Gasteiger partial charge in [-0.1, -0.05) is 18.2 Å². The second-order valence-electron chi connectivity index (χ2n) is 2.54. The molecule has 0 heterocycles. The fraction of sp³-hybridized carbons (Fsp3) is 0.222. The van der Waals surface area contributed by atoms with Gasteiger partial charge < -0.3 is 4.74 Å². The van der Waals surface area contributed by atoms with Crippen LogP contribution in [0.3, 0.4) is 0 Å². The molecule has 5 heteroatoms. The SMILES string of the molecule is C=NCc1ccccc1OC(F)(F)F. The molecule has 0 amide bonds. The van der Waals surface area contributed by atoms with Gasteiger partial charge in [-0.15, -0.1) is 13.2 Å². The Morgan fingerprint density at radius 2 is 1.93 bits per heavy atom. The lowest BCUT2D eigenvalue weighted by Gasteiger charge is -2.11. The lowest BCUT2D eigenvalue weighted by atomic mass is 10.2. The van der Waals surface area contributed by atoms with Gasteiger partial charge in [-0.05, 0) is 12.8 Å². The molecule has 0 saturated heterocycles. The van der Waals surface area contributed by atoms with Crippen molar-refractivity contribution in [2.75, 3.05) is 0 Å². The molecule has 0 N–H and O–H groups in total. The van der Waals surface area contributed by atoms with Crippen LogP contribution in [0.2, 0.25) is 0 Å². The van der Waals surface area contributed by atoms with E-state index in [4.69, 9.17) is 0 Å². The van der Waals surface area contributed by atoms with Crippen molar-refractivity contribution in [1.82, 2.24) is 0 Å². The molecule has 0 saturated carbocycles. The highest BCUT2D eigenvalue weighted by molar-refractivity contribution is 5.35. The van der Waals surface area contributed by atoms with E-state index < -0.39 is 6.36 Å². The molecule has 1 aromatic carbocycles. The summed E-state index contributed by atoms with van der Waals surface area (Å²) in [4.78, 5) is 3.50. The smallest absolute Gasteiger partial charge is 0.405 e. The molecular weight excluding hydrogens is 195 g/mol. The first kappa shape index (κ1) is 10.6. The molecule has 0 radical (unpaired) electrons. The Kier molecular flexibility index (Phi) is 3.11. The van der Waals surface area contributed by atoms with E-state index in [-0.39, 0.29) is 12.3 Å². The first-order valence-corrected chi connectivity index (χ1v) is 3.79. The van der Waals surface area contributed by atoms with E-state index in [1.807, 2.05) is 0 Å². The van der Waals surface area contributed by atoms with Gasteiger partial charge in [-0.25, -0.2) is 0 Å². The molecule has 1 aromatic rings. The average Bonchev–Trinajstić information content (AvgIpc) is 2.06. The Morgan fingerprint density at radius 3 is 2.50 bits per heavy atom. The molecule has 0 aliphatic rings. The van der Waals surface area contributed by atoms with Crippen LogP contribution in [0.1, 0.15) is 5.56 Å². The average molecular weight is 203 g/mol. The highest BCUT2D eigenvalue weighted by Crippen LogP contribution is 2.26. The number of alkyl halides is 3. The molecule has 14 heavy (non-hydrogen) atoms. The van der Waals surface area contributed by atoms with E-state index in [0.717, 1.165) is 0 Å². The van der Waals surface area contributed by atoms with Crippen molar-refractivity contribution < 1.29 is 17.9 Å². The lowest BCUT2D eigenvalue weighted by Crippen LogP contribution is -2.18. The summed E-state index contributed by atoms with van der Waals surface area (Å²) in [5.41, 5.74) is 0.361. The Balaban J connectivity index is 2.89. The number of halogens is 3. The number of nitrogens with zero attached hydrogens (tertiary/aromatic N) is 1. The van der Waals surface area contributed by atoms with E-state index in [1.165, 1.54) is 18.2 Å². The number of hydrogen-bond acceptors (Lipinski definition) is 2. The molecule has 0 spiro atoms. The highest BCUT2D eigenvalue weighted by Gasteiger charge is 2.31. The minimum atomic E-state index is -4.67. The Morgan fingerprint density at radius 1 is 1.29 bits per heavy atom. The predicted octanol–water partition coefficient (Wildman–Crippen LogP) is 2.79. The van der Waals surface area contributed by atoms with E-state index in [9.17, 15) is 13.2 Å². The minimum Gasteiger partial charge on any atom is -0.405 e. The van der Waals surface area contributed by atoms with E-state index in [0.29, 0.717) is 5.56 Å². The fourth-order valence-electron chi connectivity index (χ4n) is 0.979. The largest absolute Gasteiger partial charge is 0.573 e. The van der Waals surface area contributed by atoms with Crippen molar-refractivity contribution in [3.05, 3.63) is 29.8 Å². The van der Waals surface area contributed by atoms with Gasteiger partial charge in [0.05, 0.1) is 6.54 Å². The van der Waals surface area contributed by atoms with Crippen molar-refractivity contribution >= 4 is 6.72 Å². The van der Waals surface area contributed by atoms with Gasteiger partial charge in [0.2, 0.25) is 0 Å². The van der Waals surface area contributed by atoms with Crippen LogP contribution in [0.15, 0.2) is 29.3 Å². The molecular formula is C9H8F3NO. The van der Waals surface area contributed by atoms with Gasteiger partial charge in [0.1, 0.15) is 5.75 Å². The summed E-state index contributed by atoms with van der Waals surface area (Å²) in [6, 6.07) is 5.83. The van der Waals surface area contributed by atoms with Crippen molar-refractivity contribution in [2.24, 2.45) is 4.99 Å². The lowest BCUT2D eigenvalue weighted by molar-refractivity contribution is -0.274. The monoisotopic (exact) mass is 203 g/mol. The van der Waals surface area contributed by atoms with Crippen LogP contribution in [0.5, 0.6) is 5.75 Å². The topological polar surface area (TPSA) is 21.6 Å². The van der Waals surface area contributed by atoms with Gasteiger partial charge in [-0.3, -0.25) is 4.99 Å². The van der Waals surface area contributed by atoms with E-state index in [1.54, 1.807) is 6.07 Å². The van der Waals surface area contributed by atoms with Crippen LogP contribution >= 0.6 is 0 Å². The molecule has 2 nitrogen and oxygen atoms in total. The van der Waals surface area contributed by atoms with Gasteiger partial charge in [0.25, 0.3) is 0 Å². The molecule has 76 valence electrons. The second-order valence-corrected chi connectivity index (χ2v) is 2.54. The fourth-order valence-corrected chi connectivity index (χ4v) is 0.979. The Hall–Kier alpha value is -1.52. The summed E-state index contributed by atoms with van der Waals surface area (Å²) in [6.45, 7) is 3.31. The third-order valence-corrected chi connectivity index (χ3v) is 1.48. The van der Waals surface area contributed by atoms with Gasteiger partial charge in [0.15, 0.2) is 0 Å². The van der Waals surface area contributed by atoms with Crippen LogP contribution in [0, 0.1) is 0 Å². The molecule has 0 aliphatic heterocycles. The molecule has 0 aliphatic carbocycles. The molecule has 0 fully saturated rings. The van der Waals surface area contributed by atoms with Crippen LogP contribution in [0.25, 0.3) is 0 Å². The summed E-state index contributed by atoms with van der Waals surface area (Å²) in [7, 11) is 0. The molecule has 0 aromatic heterocycles. The van der Waals surface area contributed by atoms with Crippen LogP contribution < -0.4 is 4.74 Å². The summed E-state index contributed by atoms with van der Waals surface area (Å²) in [5.74, 6) is -0.229. The van der Waals surface area contributed by atoms with Gasteiger partial charge in [-0.2, -0.15) is 0 Å². The van der Waals surface area contributed by atoms with Crippen LogP contribution in [-0.2, 0) is 6.54 Å². The summed E-state index contributed by atoms with van der Waals surface area (Å²) in [5, 5.41) is 0. The van der Waals surface area contributed by atoms with Crippen molar-refractivity contribution in [2.45, 2.75) is 12.9 Å². The number of aliphatic imine (C=N–C) groups is 1. The Bertz CT molecular complexity index is 322. The zero-order valence-corrected chi connectivity index (χ0v) is 7.21. The highest BCUT2D eigenvalue weighted by atomic mass is 19.4. The number of hydrogen-bond donors (Lipinski definition) is 0. The maximum atomic E-state index is 11.9. The Labute approximate surface area is 79.0 Å².